The first-order valence-corrected chi connectivity index (χ1v) is 6.74. The number of hydrogen-bond donors (Lipinski definition) is 1. The van der Waals surface area contributed by atoms with Crippen molar-refractivity contribution < 1.29 is 18.7 Å². The first-order valence-electron chi connectivity index (χ1n) is 6.74. The SMILES string of the molecule is COCCNC(=O)[C@H](C)N(Cc1ccc(F)cc1)C(C)=O. The molecule has 0 fully saturated rings. The summed E-state index contributed by atoms with van der Waals surface area (Å²) in [5.41, 5.74) is 0.767. The van der Waals surface area contributed by atoms with Crippen LogP contribution in [0.5, 0.6) is 0 Å². The highest BCUT2D eigenvalue weighted by atomic mass is 19.1. The van der Waals surface area contributed by atoms with Crippen molar-refractivity contribution in [2.45, 2.75) is 26.4 Å². The van der Waals surface area contributed by atoms with Crippen LogP contribution in [0.15, 0.2) is 24.3 Å². The number of nitrogens with zero attached hydrogens (tertiary/aromatic N) is 1. The van der Waals surface area contributed by atoms with Crippen LogP contribution >= 0.6 is 0 Å². The molecule has 0 spiro atoms. The molecule has 116 valence electrons. The van der Waals surface area contributed by atoms with Gasteiger partial charge in [0.15, 0.2) is 0 Å². The van der Waals surface area contributed by atoms with E-state index in [0.717, 1.165) is 5.56 Å². The van der Waals surface area contributed by atoms with E-state index < -0.39 is 6.04 Å². The first-order chi connectivity index (χ1) is 9.95. The van der Waals surface area contributed by atoms with E-state index in [2.05, 4.69) is 5.32 Å². The summed E-state index contributed by atoms with van der Waals surface area (Å²) in [6.07, 6.45) is 0. The van der Waals surface area contributed by atoms with E-state index in [1.807, 2.05) is 0 Å². The molecule has 1 atom stereocenters. The molecule has 0 saturated heterocycles. The first kappa shape index (κ1) is 17.1. The molecule has 0 aliphatic carbocycles. The second-order valence-corrected chi connectivity index (χ2v) is 4.73. The van der Waals surface area contributed by atoms with Gasteiger partial charge in [0.2, 0.25) is 11.8 Å². The second-order valence-electron chi connectivity index (χ2n) is 4.73. The lowest BCUT2D eigenvalue weighted by Gasteiger charge is -2.27. The van der Waals surface area contributed by atoms with E-state index in [1.165, 1.54) is 24.0 Å². The number of hydrogen-bond acceptors (Lipinski definition) is 3. The maximum absolute atomic E-state index is 12.9. The van der Waals surface area contributed by atoms with Crippen LogP contribution in [-0.4, -0.2) is 43.0 Å². The molecule has 0 aliphatic rings. The molecular formula is C15H21FN2O3. The Morgan fingerprint density at radius 3 is 2.48 bits per heavy atom. The zero-order valence-corrected chi connectivity index (χ0v) is 12.6. The molecule has 0 radical (unpaired) electrons. The smallest absolute Gasteiger partial charge is 0.242 e. The van der Waals surface area contributed by atoms with Gasteiger partial charge in [0.1, 0.15) is 11.9 Å². The number of rotatable bonds is 7. The Morgan fingerprint density at radius 2 is 1.95 bits per heavy atom. The highest BCUT2D eigenvalue weighted by Gasteiger charge is 2.23. The average Bonchev–Trinajstić information content (AvgIpc) is 2.45. The maximum Gasteiger partial charge on any atom is 0.242 e. The van der Waals surface area contributed by atoms with Crippen LogP contribution in [0.4, 0.5) is 4.39 Å². The number of amides is 2. The van der Waals surface area contributed by atoms with Crippen molar-refractivity contribution in [1.82, 2.24) is 10.2 Å². The molecule has 1 N–H and O–H groups in total. The summed E-state index contributed by atoms with van der Waals surface area (Å²) in [5, 5.41) is 2.70. The van der Waals surface area contributed by atoms with Crippen molar-refractivity contribution >= 4 is 11.8 Å². The Kier molecular flexibility index (Phi) is 6.81. The molecule has 21 heavy (non-hydrogen) atoms. The van der Waals surface area contributed by atoms with Gasteiger partial charge in [-0.2, -0.15) is 0 Å². The van der Waals surface area contributed by atoms with Gasteiger partial charge in [0, 0.05) is 27.1 Å². The number of methoxy groups -OCH3 is 1. The highest BCUT2D eigenvalue weighted by Crippen LogP contribution is 2.10. The van der Waals surface area contributed by atoms with Crippen LogP contribution in [0.3, 0.4) is 0 Å². The van der Waals surface area contributed by atoms with Crippen molar-refractivity contribution in [2.75, 3.05) is 20.3 Å². The van der Waals surface area contributed by atoms with E-state index in [9.17, 15) is 14.0 Å². The third-order valence-corrected chi connectivity index (χ3v) is 3.12. The summed E-state index contributed by atoms with van der Waals surface area (Å²) in [7, 11) is 1.55. The van der Waals surface area contributed by atoms with Gasteiger partial charge in [0.05, 0.1) is 6.61 Å². The molecule has 1 aromatic carbocycles. The summed E-state index contributed by atoms with van der Waals surface area (Å²) in [5.74, 6) is -0.795. The molecule has 0 aromatic heterocycles. The lowest BCUT2D eigenvalue weighted by molar-refractivity contribution is -0.139. The number of benzene rings is 1. The van der Waals surface area contributed by atoms with Crippen molar-refractivity contribution in [2.24, 2.45) is 0 Å². The fraction of sp³-hybridized carbons (Fsp3) is 0.467. The second kappa shape index (κ2) is 8.36. The Hall–Kier alpha value is -1.95. The Labute approximate surface area is 124 Å². The number of carbonyl (C=O) groups excluding carboxylic acids is 2. The Morgan fingerprint density at radius 1 is 1.33 bits per heavy atom. The molecule has 0 heterocycles. The van der Waals surface area contributed by atoms with Crippen molar-refractivity contribution in [1.29, 1.82) is 0 Å². The molecule has 1 rings (SSSR count). The summed E-state index contributed by atoms with van der Waals surface area (Å²) in [6, 6.07) is 5.25. The summed E-state index contributed by atoms with van der Waals surface area (Å²) < 4.78 is 17.7. The van der Waals surface area contributed by atoms with Crippen LogP contribution in [0.1, 0.15) is 19.4 Å². The van der Waals surface area contributed by atoms with E-state index in [1.54, 1.807) is 26.2 Å². The number of halogens is 1. The minimum absolute atomic E-state index is 0.214. The highest BCUT2D eigenvalue weighted by molar-refractivity contribution is 5.86. The minimum Gasteiger partial charge on any atom is -0.383 e. The third kappa shape index (κ3) is 5.51. The lowest BCUT2D eigenvalue weighted by Crippen LogP contribution is -2.47. The van der Waals surface area contributed by atoms with Crippen LogP contribution in [-0.2, 0) is 20.9 Å². The number of ether oxygens (including phenoxy) is 1. The largest absolute Gasteiger partial charge is 0.383 e. The number of nitrogens with one attached hydrogen (secondary N) is 1. The predicted molar refractivity (Wildman–Crippen MR) is 77.0 cm³/mol. The van der Waals surface area contributed by atoms with E-state index in [0.29, 0.717) is 13.2 Å². The normalized spacial score (nSPS) is 11.8. The van der Waals surface area contributed by atoms with Crippen molar-refractivity contribution in [3.05, 3.63) is 35.6 Å². The van der Waals surface area contributed by atoms with Crippen LogP contribution in [0, 0.1) is 5.82 Å². The zero-order valence-electron chi connectivity index (χ0n) is 12.6. The van der Waals surface area contributed by atoms with E-state index in [-0.39, 0.29) is 24.2 Å². The van der Waals surface area contributed by atoms with Gasteiger partial charge in [-0.3, -0.25) is 9.59 Å². The average molecular weight is 296 g/mol. The lowest BCUT2D eigenvalue weighted by atomic mass is 10.1. The van der Waals surface area contributed by atoms with Gasteiger partial charge in [-0.25, -0.2) is 4.39 Å². The molecule has 0 unspecified atom stereocenters. The van der Waals surface area contributed by atoms with Crippen molar-refractivity contribution in [3.8, 4) is 0 Å². The van der Waals surface area contributed by atoms with Gasteiger partial charge in [0.25, 0.3) is 0 Å². The maximum atomic E-state index is 12.9. The zero-order chi connectivity index (χ0) is 15.8. The monoisotopic (exact) mass is 296 g/mol. The van der Waals surface area contributed by atoms with Gasteiger partial charge in [-0.15, -0.1) is 0 Å². The van der Waals surface area contributed by atoms with Gasteiger partial charge >= 0.3 is 0 Å². The third-order valence-electron chi connectivity index (χ3n) is 3.12. The molecule has 0 bridgehead atoms. The Balaban J connectivity index is 2.69. The molecular weight excluding hydrogens is 275 g/mol. The molecule has 1 aromatic rings. The van der Waals surface area contributed by atoms with Crippen LogP contribution in [0.25, 0.3) is 0 Å². The predicted octanol–water partition coefficient (Wildman–Crippen LogP) is 1.33. The number of carbonyl (C=O) groups is 2. The quantitative estimate of drug-likeness (QED) is 0.772. The molecule has 6 heteroatoms. The van der Waals surface area contributed by atoms with Crippen LogP contribution < -0.4 is 5.32 Å². The van der Waals surface area contributed by atoms with Gasteiger partial charge in [-0.05, 0) is 24.6 Å². The fourth-order valence-corrected chi connectivity index (χ4v) is 1.87. The van der Waals surface area contributed by atoms with Crippen molar-refractivity contribution in [3.63, 3.8) is 0 Å². The molecule has 0 saturated carbocycles. The van der Waals surface area contributed by atoms with Crippen LogP contribution in [0.2, 0.25) is 0 Å². The van der Waals surface area contributed by atoms with Gasteiger partial charge < -0.3 is 15.0 Å². The summed E-state index contributed by atoms with van der Waals surface area (Å²) >= 11 is 0. The van der Waals surface area contributed by atoms with E-state index >= 15 is 0 Å². The summed E-state index contributed by atoms with van der Waals surface area (Å²) in [6.45, 7) is 4.13. The Bertz CT molecular complexity index is 476. The van der Waals surface area contributed by atoms with Gasteiger partial charge in [-0.1, -0.05) is 12.1 Å². The standard InChI is InChI=1S/C15H21FN2O3/c1-11(15(20)17-8-9-21-3)18(12(2)19)10-13-4-6-14(16)7-5-13/h4-7,11H,8-10H2,1-3H3,(H,17,20)/t11-/m0/s1. The topological polar surface area (TPSA) is 58.6 Å². The molecule has 5 nitrogen and oxygen atoms in total. The molecule has 0 aliphatic heterocycles. The summed E-state index contributed by atoms with van der Waals surface area (Å²) in [4.78, 5) is 25.2. The molecule has 2 amide bonds. The van der Waals surface area contributed by atoms with E-state index in [4.69, 9.17) is 4.74 Å². The fourth-order valence-electron chi connectivity index (χ4n) is 1.87. The minimum atomic E-state index is -0.607.